The van der Waals surface area contributed by atoms with E-state index in [0.717, 1.165) is 37.1 Å². The van der Waals surface area contributed by atoms with Crippen molar-refractivity contribution in [1.82, 2.24) is 0 Å². The molecule has 0 radical (unpaired) electrons. The van der Waals surface area contributed by atoms with Crippen LogP contribution in [-0.2, 0) is 4.79 Å². The maximum atomic E-state index is 12.0. The van der Waals surface area contributed by atoms with Crippen LogP contribution in [0.2, 0.25) is 0 Å². The quantitative estimate of drug-likeness (QED) is 0.846. The first-order chi connectivity index (χ1) is 9.69. The van der Waals surface area contributed by atoms with Crippen molar-refractivity contribution < 1.29 is 9.53 Å². The molecule has 1 fully saturated rings. The van der Waals surface area contributed by atoms with E-state index in [0.29, 0.717) is 18.9 Å². The molecule has 0 spiro atoms. The van der Waals surface area contributed by atoms with Crippen molar-refractivity contribution in [2.75, 3.05) is 11.9 Å². The Morgan fingerprint density at radius 2 is 2.24 bits per heavy atom. The molecule has 4 nitrogen and oxygen atoms in total. The Morgan fingerprint density at radius 3 is 2.90 bits per heavy atom. The van der Waals surface area contributed by atoms with Crippen LogP contribution in [0.5, 0.6) is 5.75 Å². The smallest absolute Gasteiger partial charge is 0.224 e. The van der Waals surface area contributed by atoms with Crippen LogP contribution >= 0.6 is 12.4 Å². The molecule has 1 aliphatic carbocycles. The molecule has 2 atom stereocenters. The molecule has 1 saturated carbocycles. The zero-order chi connectivity index (χ0) is 14.4. The third kappa shape index (κ3) is 5.56. The van der Waals surface area contributed by atoms with Crippen molar-refractivity contribution in [3.63, 3.8) is 0 Å². The van der Waals surface area contributed by atoms with E-state index in [9.17, 15) is 4.79 Å². The number of hydrogen-bond acceptors (Lipinski definition) is 3. The molecule has 2 rings (SSSR count). The number of halogens is 1. The average Bonchev–Trinajstić information content (AvgIpc) is 2.82. The van der Waals surface area contributed by atoms with Gasteiger partial charge < -0.3 is 15.8 Å². The summed E-state index contributed by atoms with van der Waals surface area (Å²) in [5, 5.41) is 2.93. The Kier molecular flexibility index (Phi) is 7.54. The van der Waals surface area contributed by atoms with E-state index < -0.39 is 0 Å². The highest BCUT2D eigenvalue weighted by Gasteiger charge is 2.25. The van der Waals surface area contributed by atoms with Crippen LogP contribution in [-0.4, -0.2) is 18.6 Å². The van der Waals surface area contributed by atoms with E-state index in [1.807, 2.05) is 24.3 Å². The summed E-state index contributed by atoms with van der Waals surface area (Å²) in [6, 6.07) is 7.72. The SMILES string of the molecule is CCCOc1cccc(NC(=O)C[C@@H]2CCC[C@H]2N)c1.Cl. The number of anilines is 1. The molecule has 3 N–H and O–H groups in total. The van der Waals surface area contributed by atoms with Crippen LogP contribution in [0.3, 0.4) is 0 Å². The topological polar surface area (TPSA) is 64.3 Å². The van der Waals surface area contributed by atoms with Crippen LogP contribution in [0.25, 0.3) is 0 Å². The van der Waals surface area contributed by atoms with Gasteiger partial charge in [-0.3, -0.25) is 4.79 Å². The van der Waals surface area contributed by atoms with Crippen molar-refractivity contribution in [1.29, 1.82) is 0 Å². The standard InChI is InChI=1S/C16H24N2O2.ClH/c1-2-9-20-14-7-4-6-13(11-14)18-16(19)10-12-5-3-8-15(12)17;/h4,6-7,11-12,15H,2-3,5,8-10,17H2,1H3,(H,18,19);1H/t12-,15+;/m0./s1. The van der Waals surface area contributed by atoms with Gasteiger partial charge in [-0.1, -0.05) is 19.4 Å². The van der Waals surface area contributed by atoms with Gasteiger partial charge in [-0.15, -0.1) is 12.4 Å². The normalized spacial score (nSPS) is 20.7. The molecule has 0 heterocycles. The van der Waals surface area contributed by atoms with Crippen LogP contribution < -0.4 is 15.8 Å². The largest absolute Gasteiger partial charge is 0.494 e. The molecule has 1 aromatic rings. The predicted octanol–water partition coefficient (Wildman–Crippen LogP) is 3.35. The number of benzene rings is 1. The number of amides is 1. The molecule has 0 aromatic heterocycles. The van der Waals surface area contributed by atoms with Gasteiger partial charge in [-0.25, -0.2) is 0 Å². The van der Waals surface area contributed by atoms with Crippen molar-refractivity contribution >= 4 is 24.0 Å². The van der Waals surface area contributed by atoms with Crippen molar-refractivity contribution in [3.05, 3.63) is 24.3 Å². The molecule has 1 aromatic carbocycles. The molecule has 0 saturated heterocycles. The lowest BCUT2D eigenvalue weighted by Gasteiger charge is -2.15. The molecule has 0 aliphatic heterocycles. The molecule has 118 valence electrons. The van der Waals surface area contributed by atoms with Crippen molar-refractivity contribution in [3.8, 4) is 5.75 Å². The van der Waals surface area contributed by atoms with Crippen LogP contribution in [0.15, 0.2) is 24.3 Å². The summed E-state index contributed by atoms with van der Waals surface area (Å²) in [6.07, 6.45) is 4.73. The number of nitrogens with two attached hydrogens (primary N) is 1. The van der Waals surface area contributed by atoms with Gasteiger partial charge in [-0.2, -0.15) is 0 Å². The maximum Gasteiger partial charge on any atom is 0.224 e. The molecule has 1 amide bonds. The van der Waals surface area contributed by atoms with Gasteiger partial charge in [0.2, 0.25) is 5.91 Å². The average molecular weight is 313 g/mol. The Hall–Kier alpha value is -1.26. The highest BCUT2D eigenvalue weighted by atomic mass is 35.5. The Bertz CT molecular complexity index is 454. The minimum Gasteiger partial charge on any atom is -0.494 e. The fourth-order valence-electron chi connectivity index (χ4n) is 2.65. The van der Waals surface area contributed by atoms with Gasteiger partial charge in [0.25, 0.3) is 0 Å². The first-order valence-electron chi connectivity index (χ1n) is 7.47. The van der Waals surface area contributed by atoms with E-state index >= 15 is 0 Å². The highest BCUT2D eigenvalue weighted by molar-refractivity contribution is 5.91. The lowest BCUT2D eigenvalue weighted by Crippen LogP contribution is -2.28. The van der Waals surface area contributed by atoms with Gasteiger partial charge in [0.1, 0.15) is 5.75 Å². The van der Waals surface area contributed by atoms with E-state index in [2.05, 4.69) is 12.2 Å². The van der Waals surface area contributed by atoms with E-state index in [1.54, 1.807) is 0 Å². The zero-order valence-corrected chi connectivity index (χ0v) is 13.3. The molecule has 0 unspecified atom stereocenters. The number of carbonyl (C=O) groups is 1. The summed E-state index contributed by atoms with van der Waals surface area (Å²) in [6.45, 7) is 2.75. The van der Waals surface area contributed by atoms with Crippen molar-refractivity contribution in [2.24, 2.45) is 11.7 Å². The van der Waals surface area contributed by atoms with Crippen molar-refractivity contribution in [2.45, 2.75) is 45.1 Å². The fourth-order valence-corrected chi connectivity index (χ4v) is 2.65. The molecule has 1 aliphatic rings. The first-order valence-corrected chi connectivity index (χ1v) is 7.47. The van der Waals surface area contributed by atoms with Gasteiger partial charge in [-0.05, 0) is 37.3 Å². The van der Waals surface area contributed by atoms with Crippen LogP contribution in [0, 0.1) is 5.92 Å². The number of hydrogen-bond donors (Lipinski definition) is 2. The summed E-state index contributed by atoms with van der Waals surface area (Å²) in [5.41, 5.74) is 6.79. The fraction of sp³-hybridized carbons (Fsp3) is 0.562. The van der Waals surface area contributed by atoms with Gasteiger partial charge in [0, 0.05) is 24.2 Å². The lowest BCUT2D eigenvalue weighted by atomic mass is 10.00. The van der Waals surface area contributed by atoms with E-state index in [4.69, 9.17) is 10.5 Å². The predicted molar refractivity (Wildman–Crippen MR) is 88.0 cm³/mol. The highest BCUT2D eigenvalue weighted by Crippen LogP contribution is 2.27. The van der Waals surface area contributed by atoms with E-state index in [1.165, 1.54) is 0 Å². The monoisotopic (exact) mass is 312 g/mol. The number of ether oxygens (including phenoxy) is 1. The maximum absolute atomic E-state index is 12.0. The molecule has 21 heavy (non-hydrogen) atoms. The van der Waals surface area contributed by atoms with Crippen LogP contribution in [0.1, 0.15) is 39.0 Å². The number of carbonyl (C=O) groups excluding carboxylic acids is 1. The van der Waals surface area contributed by atoms with Gasteiger partial charge in [0.15, 0.2) is 0 Å². The minimum absolute atomic E-state index is 0. The lowest BCUT2D eigenvalue weighted by molar-refractivity contribution is -0.117. The second-order valence-corrected chi connectivity index (χ2v) is 5.48. The number of nitrogens with one attached hydrogen (secondary N) is 1. The Labute approximate surface area is 132 Å². The minimum atomic E-state index is 0. The summed E-state index contributed by atoms with van der Waals surface area (Å²) in [5.74, 6) is 1.16. The molecule has 0 bridgehead atoms. The third-order valence-corrected chi connectivity index (χ3v) is 3.76. The summed E-state index contributed by atoms with van der Waals surface area (Å²) < 4.78 is 5.56. The number of rotatable bonds is 6. The molecular weight excluding hydrogens is 288 g/mol. The summed E-state index contributed by atoms with van der Waals surface area (Å²) >= 11 is 0. The first kappa shape index (κ1) is 17.8. The summed E-state index contributed by atoms with van der Waals surface area (Å²) in [7, 11) is 0. The second kappa shape index (κ2) is 8.90. The second-order valence-electron chi connectivity index (χ2n) is 5.48. The Morgan fingerprint density at radius 1 is 1.43 bits per heavy atom. The molecule has 5 heteroatoms. The van der Waals surface area contributed by atoms with E-state index in [-0.39, 0.29) is 24.4 Å². The zero-order valence-electron chi connectivity index (χ0n) is 12.5. The third-order valence-electron chi connectivity index (χ3n) is 3.76. The Balaban J connectivity index is 0.00000220. The van der Waals surface area contributed by atoms with Gasteiger partial charge in [0.05, 0.1) is 6.61 Å². The summed E-state index contributed by atoms with van der Waals surface area (Å²) in [4.78, 5) is 12.0. The van der Waals surface area contributed by atoms with Crippen LogP contribution in [0.4, 0.5) is 5.69 Å². The molecular formula is C16H25ClN2O2. The van der Waals surface area contributed by atoms with Gasteiger partial charge >= 0.3 is 0 Å².